The number of carboxylic acids is 1. The number of primary amides is 1. The van der Waals surface area contributed by atoms with Crippen LogP contribution in [0.3, 0.4) is 0 Å². The first-order valence-electron chi connectivity index (χ1n) is 19.2. The number of carbonyl (C=O) groups is 7. The predicted octanol–water partition coefficient (Wildman–Crippen LogP) is 4.63. The van der Waals surface area contributed by atoms with Gasteiger partial charge in [-0.2, -0.15) is 0 Å². The maximum Gasteiger partial charge on any atom is 0.408 e. The molecule has 0 saturated heterocycles. The number of aryl methyl sites for hydroxylation is 1. The van der Waals surface area contributed by atoms with Crippen LogP contribution in [0, 0.1) is 18.8 Å². The van der Waals surface area contributed by atoms with Crippen molar-refractivity contribution in [2.75, 3.05) is 26.2 Å². The molecule has 0 heterocycles. The first kappa shape index (κ1) is 54.4. The molecule has 2 aromatic rings. The number of ether oxygens (including phenoxy) is 2. The number of alkyl carbamates (subject to hydrolysis) is 2. The van der Waals surface area contributed by atoms with E-state index in [0.29, 0.717) is 13.0 Å². The average Bonchev–Trinajstić information content (AvgIpc) is 3.11. The number of unbranched alkanes of at least 4 members (excludes halogenated alkanes) is 1. The lowest BCUT2D eigenvalue weighted by molar-refractivity contribution is -0.137. The Kier molecular flexibility index (Phi) is 28.6. The van der Waals surface area contributed by atoms with E-state index in [4.69, 9.17) is 19.4 Å². The van der Waals surface area contributed by atoms with Crippen LogP contribution in [0.25, 0.3) is 0 Å². The van der Waals surface area contributed by atoms with E-state index in [0.717, 1.165) is 18.4 Å². The van der Waals surface area contributed by atoms with Crippen LogP contribution in [-0.2, 0) is 39.9 Å². The maximum absolute atomic E-state index is 13.0. The highest BCUT2D eigenvalue weighted by molar-refractivity contribution is 5.89. The Balaban J connectivity index is 0. The molecule has 6 amide bonds. The van der Waals surface area contributed by atoms with Crippen molar-refractivity contribution in [3.05, 3.63) is 71.8 Å². The van der Waals surface area contributed by atoms with Crippen molar-refractivity contribution in [3.63, 3.8) is 0 Å². The van der Waals surface area contributed by atoms with Gasteiger partial charge in [0.2, 0.25) is 24.1 Å². The second-order valence-electron chi connectivity index (χ2n) is 15.4. The molecule has 0 radical (unpaired) electrons. The number of nitrogens with one attached hydrogen (secondary N) is 5. The third kappa shape index (κ3) is 33.6. The van der Waals surface area contributed by atoms with Gasteiger partial charge in [-0.15, -0.1) is 0 Å². The minimum absolute atomic E-state index is 0.0130. The fourth-order valence-electron chi connectivity index (χ4n) is 4.47. The fraction of sp³-hybridized carbons (Fsp3) is 0.548. The number of aliphatic carboxylic acids is 1. The number of hydrogen-bond donors (Lipinski definition) is 7. The number of rotatable bonds is 16. The number of amides is 6. The van der Waals surface area contributed by atoms with Gasteiger partial charge < -0.3 is 46.9 Å². The van der Waals surface area contributed by atoms with Crippen molar-refractivity contribution in [2.45, 2.75) is 112 Å². The van der Waals surface area contributed by atoms with Crippen LogP contribution in [0.5, 0.6) is 0 Å². The zero-order chi connectivity index (χ0) is 44.7. The molecule has 2 aromatic carbocycles. The Morgan fingerprint density at radius 2 is 1.28 bits per heavy atom. The van der Waals surface area contributed by atoms with Crippen LogP contribution in [0.15, 0.2) is 60.7 Å². The molecule has 326 valence electrons. The van der Waals surface area contributed by atoms with Gasteiger partial charge in [0.15, 0.2) is 0 Å². The summed E-state index contributed by atoms with van der Waals surface area (Å²) in [5.41, 5.74) is 5.19. The van der Waals surface area contributed by atoms with Crippen molar-refractivity contribution in [2.24, 2.45) is 17.6 Å². The predicted molar refractivity (Wildman–Crippen MR) is 223 cm³/mol. The largest absolute Gasteiger partial charge is 0.480 e. The van der Waals surface area contributed by atoms with Gasteiger partial charge in [0.05, 0.1) is 12.5 Å². The number of carboxylic acid groups (broad SMARTS) is 1. The number of hydrogen-bond acceptors (Lipinski definition) is 9. The fourth-order valence-corrected chi connectivity index (χ4v) is 4.47. The molecule has 0 aliphatic heterocycles. The molecule has 16 nitrogen and oxygen atoms in total. The zero-order valence-electron chi connectivity index (χ0n) is 35.9. The molecule has 0 fully saturated rings. The van der Waals surface area contributed by atoms with E-state index in [9.17, 15) is 28.8 Å². The maximum atomic E-state index is 13.0. The molecule has 0 aliphatic rings. The van der Waals surface area contributed by atoms with Crippen LogP contribution in [0.2, 0.25) is 0 Å². The molecular formula is C42H68N6O10. The smallest absolute Gasteiger partial charge is 0.408 e. The Hall–Kier alpha value is -5.67. The van der Waals surface area contributed by atoms with Crippen LogP contribution in [0.4, 0.5) is 9.59 Å². The first-order chi connectivity index (χ1) is 27.0. The standard InChI is InChI=1S/C25H38N4O7.C9H19NO2.C7H8.CH3NO/c1-16(2)11-18(22(33)28-14-20(30)26-15-21(31)32)13-27-23(34)19(12-17-9-7-6-8-10-17)29-24(35)36-25(3,4)5;1-5-6-7-10-8(11)12-9(2,3)4;1-7-5-3-2-4-6-7;2-1-3/h6-10,16,18-19H,11-15H2,1-5H3,(H,26,30)(H,27,34)(H,28,33)(H,29,35)(H,31,32);5-7H2,1-4H3,(H,10,11);2-6H,1H3;1H,(H2,2,3). The molecule has 2 unspecified atom stereocenters. The lowest BCUT2D eigenvalue weighted by Crippen LogP contribution is -2.51. The van der Waals surface area contributed by atoms with Crippen molar-refractivity contribution in [3.8, 4) is 0 Å². The van der Waals surface area contributed by atoms with Crippen LogP contribution in [-0.4, -0.2) is 90.8 Å². The summed E-state index contributed by atoms with van der Waals surface area (Å²) in [7, 11) is 0. The molecule has 2 atom stereocenters. The summed E-state index contributed by atoms with van der Waals surface area (Å²) in [5.74, 6) is -3.28. The molecule has 0 aromatic heterocycles. The Morgan fingerprint density at radius 1 is 0.759 bits per heavy atom. The van der Waals surface area contributed by atoms with Gasteiger partial charge in [0.25, 0.3) is 0 Å². The molecule has 2 rings (SSSR count). The minimum Gasteiger partial charge on any atom is -0.480 e. The number of carbonyl (C=O) groups excluding carboxylic acids is 6. The zero-order valence-corrected chi connectivity index (χ0v) is 35.9. The topological polar surface area (TPSA) is 244 Å². The van der Waals surface area contributed by atoms with E-state index in [1.165, 1.54) is 5.56 Å². The third-order valence-corrected chi connectivity index (χ3v) is 6.94. The van der Waals surface area contributed by atoms with Crippen molar-refractivity contribution in [1.82, 2.24) is 26.6 Å². The second kappa shape index (κ2) is 30.5. The van der Waals surface area contributed by atoms with Gasteiger partial charge >= 0.3 is 18.2 Å². The Labute approximate surface area is 344 Å². The summed E-state index contributed by atoms with van der Waals surface area (Å²) in [6.45, 7) is 18.5. The number of benzene rings is 2. The Bertz CT molecular complexity index is 1490. The SMILES string of the molecule is CC(C)CC(CNC(=O)C(Cc1ccccc1)NC(=O)OC(C)(C)C)C(=O)NCC(=O)NCC(=O)O.CCCCNC(=O)OC(C)(C)C.Cc1ccccc1.NC=O. The first-order valence-corrected chi connectivity index (χ1v) is 19.2. The summed E-state index contributed by atoms with van der Waals surface area (Å²) < 4.78 is 10.3. The van der Waals surface area contributed by atoms with Crippen molar-refractivity contribution < 1.29 is 48.1 Å². The summed E-state index contributed by atoms with van der Waals surface area (Å²) in [6, 6.07) is 18.5. The van der Waals surface area contributed by atoms with Gasteiger partial charge in [0, 0.05) is 19.5 Å². The highest BCUT2D eigenvalue weighted by atomic mass is 16.6. The van der Waals surface area contributed by atoms with Gasteiger partial charge in [-0.1, -0.05) is 93.4 Å². The van der Waals surface area contributed by atoms with E-state index in [1.807, 2.05) is 83.1 Å². The molecule has 8 N–H and O–H groups in total. The van der Waals surface area contributed by atoms with Crippen LogP contribution >= 0.6 is 0 Å². The molecule has 0 spiro atoms. The van der Waals surface area contributed by atoms with E-state index in [2.05, 4.69) is 58.3 Å². The molecule has 0 aliphatic carbocycles. The van der Waals surface area contributed by atoms with E-state index >= 15 is 0 Å². The monoisotopic (exact) mass is 816 g/mol. The Morgan fingerprint density at radius 3 is 1.72 bits per heavy atom. The average molecular weight is 817 g/mol. The highest BCUT2D eigenvalue weighted by Gasteiger charge is 2.27. The van der Waals surface area contributed by atoms with Gasteiger partial charge in [-0.05, 0) is 72.8 Å². The molecule has 0 saturated carbocycles. The second-order valence-corrected chi connectivity index (χ2v) is 15.4. The lowest BCUT2D eigenvalue weighted by atomic mass is 9.96. The summed E-state index contributed by atoms with van der Waals surface area (Å²) in [4.78, 5) is 79.9. The van der Waals surface area contributed by atoms with Crippen molar-refractivity contribution in [1.29, 1.82) is 0 Å². The van der Waals surface area contributed by atoms with E-state index < -0.39 is 59.5 Å². The van der Waals surface area contributed by atoms with Gasteiger partial charge in [-0.3, -0.25) is 24.0 Å². The molecule has 58 heavy (non-hydrogen) atoms. The quantitative estimate of drug-likeness (QED) is 0.0915. The molecule has 0 bridgehead atoms. The summed E-state index contributed by atoms with van der Waals surface area (Å²) in [5, 5.41) is 21.3. The number of nitrogens with two attached hydrogens (primary N) is 1. The van der Waals surface area contributed by atoms with Crippen LogP contribution < -0.4 is 32.3 Å². The third-order valence-electron chi connectivity index (χ3n) is 6.94. The normalized spacial score (nSPS) is 11.4. The highest BCUT2D eigenvalue weighted by Crippen LogP contribution is 2.13. The summed E-state index contributed by atoms with van der Waals surface area (Å²) >= 11 is 0. The van der Waals surface area contributed by atoms with E-state index in [-0.39, 0.29) is 37.9 Å². The van der Waals surface area contributed by atoms with Crippen LogP contribution in [0.1, 0.15) is 92.7 Å². The molecular weight excluding hydrogens is 748 g/mol. The van der Waals surface area contributed by atoms with Gasteiger partial charge in [0.1, 0.15) is 23.8 Å². The minimum atomic E-state index is -1.19. The summed E-state index contributed by atoms with van der Waals surface area (Å²) in [6.07, 6.45) is 1.93. The van der Waals surface area contributed by atoms with E-state index in [1.54, 1.807) is 20.8 Å². The van der Waals surface area contributed by atoms with Gasteiger partial charge in [-0.25, -0.2) is 9.59 Å². The molecule has 16 heteroatoms. The van der Waals surface area contributed by atoms with Crippen molar-refractivity contribution >= 4 is 42.3 Å². The lowest BCUT2D eigenvalue weighted by Gasteiger charge is -2.24.